The monoisotopic (exact) mass is 659 g/mol. The molecule has 1 aliphatic heterocycles. The number of amides is 5. The minimum absolute atomic E-state index is 0.00572. The van der Waals surface area contributed by atoms with Gasteiger partial charge in [0.2, 0.25) is 17.7 Å². The number of anilines is 1. The number of hydrogen-bond acceptors (Lipinski definition) is 8. The van der Waals surface area contributed by atoms with Crippen molar-refractivity contribution in [3.63, 3.8) is 0 Å². The van der Waals surface area contributed by atoms with Crippen molar-refractivity contribution in [2.24, 2.45) is 0 Å². The van der Waals surface area contributed by atoms with Crippen LogP contribution in [0.5, 0.6) is 5.75 Å². The molecule has 3 aromatic carbocycles. The first-order valence-electron chi connectivity index (χ1n) is 15.5. The van der Waals surface area contributed by atoms with Crippen LogP contribution in [0.15, 0.2) is 78.9 Å². The summed E-state index contributed by atoms with van der Waals surface area (Å²) < 4.78 is 5.32. The number of phenols is 1. The van der Waals surface area contributed by atoms with E-state index >= 15 is 0 Å². The molecule has 0 radical (unpaired) electrons. The number of nitrogens with one attached hydrogen (secondary N) is 5. The summed E-state index contributed by atoms with van der Waals surface area (Å²) in [6, 6.07) is 17.8. The quantitative estimate of drug-likeness (QED) is 0.154. The molecule has 0 fully saturated rings. The van der Waals surface area contributed by atoms with E-state index in [9.17, 15) is 34.2 Å². The third-order valence-corrected chi connectivity index (χ3v) is 7.57. The first-order chi connectivity index (χ1) is 22.6. The van der Waals surface area contributed by atoms with Gasteiger partial charge < -0.3 is 41.5 Å². The second kappa shape index (κ2) is 15.0. The molecule has 3 aromatic rings. The number of aromatic hydroxyl groups is 1. The molecular weight excluding hydrogens is 618 g/mol. The number of hydrogen-bond donors (Lipinski definition) is 7. The highest BCUT2D eigenvalue weighted by Gasteiger charge is 2.48. The molecule has 1 aliphatic rings. The minimum Gasteiger partial charge on any atom is -0.508 e. The zero-order valence-electron chi connectivity index (χ0n) is 27.2. The maximum Gasteiger partial charge on any atom is 0.408 e. The molecule has 13 nitrogen and oxygen atoms in total. The average Bonchev–Trinajstić information content (AvgIpc) is 3.28. The number of carbonyl (C=O) groups is 5. The fraction of sp³-hybridized carbons (Fsp3) is 0.343. The summed E-state index contributed by atoms with van der Waals surface area (Å²) in [7, 11) is 0. The van der Waals surface area contributed by atoms with Gasteiger partial charge in [-0.05, 0) is 57.0 Å². The Morgan fingerprint density at radius 3 is 2.12 bits per heavy atom. The summed E-state index contributed by atoms with van der Waals surface area (Å²) in [6.45, 7) is 6.53. The van der Waals surface area contributed by atoms with Crippen LogP contribution < -0.4 is 26.6 Å². The third kappa shape index (κ3) is 9.32. The topological polar surface area (TPSA) is 195 Å². The summed E-state index contributed by atoms with van der Waals surface area (Å²) in [5, 5.41) is 34.2. The highest BCUT2D eigenvalue weighted by Crippen LogP contribution is 2.39. The van der Waals surface area contributed by atoms with E-state index in [0.717, 1.165) is 5.56 Å². The normalized spacial score (nSPS) is 17.1. The number of para-hydroxylation sites is 1. The molecule has 4 atom stereocenters. The van der Waals surface area contributed by atoms with Gasteiger partial charge in [-0.3, -0.25) is 19.2 Å². The van der Waals surface area contributed by atoms with Crippen LogP contribution >= 0.6 is 0 Å². The highest BCUT2D eigenvalue weighted by atomic mass is 16.6. The molecule has 0 aliphatic carbocycles. The van der Waals surface area contributed by atoms with E-state index in [4.69, 9.17) is 4.74 Å². The van der Waals surface area contributed by atoms with Gasteiger partial charge in [-0.25, -0.2) is 4.79 Å². The van der Waals surface area contributed by atoms with E-state index in [1.807, 2.05) is 6.07 Å². The van der Waals surface area contributed by atoms with Crippen molar-refractivity contribution in [2.75, 3.05) is 5.32 Å². The van der Waals surface area contributed by atoms with Crippen LogP contribution in [0, 0.1) is 0 Å². The lowest BCUT2D eigenvalue weighted by atomic mass is 9.88. The Kier molecular flexibility index (Phi) is 11.1. The molecular formula is C35H41N5O8. The first kappa shape index (κ1) is 35.4. The highest BCUT2D eigenvalue weighted by molar-refractivity contribution is 6.05. The van der Waals surface area contributed by atoms with E-state index in [1.54, 1.807) is 81.4 Å². The van der Waals surface area contributed by atoms with Gasteiger partial charge in [0, 0.05) is 30.6 Å². The second-order valence-electron chi connectivity index (χ2n) is 12.6. The maximum absolute atomic E-state index is 13.5. The Labute approximate surface area is 278 Å². The molecule has 0 saturated heterocycles. The van der Waals surface area contributed by atoms with Crippen molar-refractivity contribution in [1.82, 2.24) is 21.3 Å². The summed E-state index contributed by atoms with van der Waals surface area (Å²) in [4.78, 5) is 65.9. The maximum atomic E-state index is 13.5. The molecule has 48 heavy (non-hydrogen) atoms. The minimum atomic E-state index is -2.13. The molecule has 4 rings (SSSR count). The summed E-state index contributed by atoms with van der Waals surface area (Å²) >= 11 is 0. The van der Waals surface area contributed by atoms with E-state index in [-0.39, 0.29) is 24.3 Å². The number of aliphatic hydroxyl groups is 1. The largest absolute Gasteiger partial charge is 0.508 e. The Bertz CT molecular complexity index is 1640. The Balaban J connectivity index is 1.50. The van der Waals surface area contributed by atoms with Crippen molar-refractivity contribution in [3.05, 3.63) is 95.6 Å². The van der Waals surface area contributed by atoms with Crippen LogP contribution in [0.4, 0.5) is 10.5 Å². The zero-order chi connectivity index (χ0) is 35.1. The summed E-state index contributed by atoms with van der Waals surface area (Å²) in [5.41, 5.74) is -0.920. The molecule has 7 N–H and O–H groups in total. The van der Waals surface area contributed by atoms with Crippen molar-refractivity contribution in [3.8, 4) is 5.75 Å². The fourth-order valence-electron chi connectivity index (χ4n) is 5.12. The number of fused-ring (bicyclic) bond motifs is 1. The number of phenolic OH excluding ortho intramolecular Hbond substituents is 1. The van der Waals surface area contributed by atoms with Gasteiger partial charge in [-0.2, -0.15) is 0 Å². The van der Waals surface area contributed by atoms with Crippen LogP contribution in [-0.2, 0) is 42.5 Å². The van der Waals surface area contributed by atoms with Crippen LogP contribution in [0.3, 0.4) is 0 Å². The number of benzene rings is 3. The number of alkyl carbamates (subject to hydrolysis) is 1. The zero-order valence-corrected chi connectivity index (χ0v) is 27.2. The molecule has 1 heterocycles. The van der Waals surface area contributed by atoms with Gasteiger partial charge in [0.15, 0.2) is 5.60 Å². The molecule has 0 spiro atoms. The molecule has 254 valence electrons. The summed E-state index contributed by atoms with van der Waals surface area (Å²) in [6.07, 6.45) is -1.34. The van der Waals surface area contributed by atoms with Crippen LogP contribution in [0.25, 0.3) is 0 Å². The third-order valence-electron chi connectivity index (χ3n) is 7.57. The van der Waals surface area contributed by atoms with Crippen LogP contribution in [-0.4, -0.2) is 63.7 Å². The molecule has 0 bridgehead atoms. The molecule has 0 saturated carbocycles. The second-order valence-corrected chi connectivity index (χ2v) is 12.6. The average molecular weight is 660 g/mol. The van der Waals surface area contributed by atoms with E-state index in [2.05, 4.69) is 26.6 Å². The number of carbonyl (C=O) groups excluding carboxylic acids is 5. The van der Waals surface area contributed by atoms with Crippen molar-refractivity contribution >= 4 is 35.4 Å². The van der Waals surface area contributed by atoms with Gasteiger partial charge in [-0.1, -0.05) is 60.7 Å². The van der Waals surface area contributed by atoms with Crippen molar-refractivity contribution in [2.45, 2.75) is 76.4 Å². The molecule has 0 aromatic heterocycles. The van der Waals surface area contributed by atoms with E-state index in [1.165, 1.54) is 19.1 Å². The lowest BCUT2D eigenvalue weighted by Gasteiger charge is -2.28. The van der Waals surface area contributed by atoms with Crippen LogP contribution in [0.1, 0.15) is 50.8 Å². The van der Waals surface area contributed by atoms with Gasteiger partial charge >= 0.3 is 6.09 Å². The lowest BCUT2D eigenvalue weighted by Crippen LogP contribution is -2.57. The Morgan fingerprint density at radius 2 is 1.46 bits per heavy atom. The van der Waals surface area contributed by atoms with Crippen LogP contribution in [0.2, 0.25) is 0 Å². The lowest BCUT2D eigenvalue weighted by molar-refractivity contribution is -0.139. The fourth-order valence-corrected chi connectivity index (χ4v) is 5.12. The number of ether oxygens (including phenoxy) is 1. The molecule has 0 unspecified atom stereocenters. The van der Waals surface area contributed by atoms with Crippen molar-refractivity contribution in [1.29, 1.82) is 0 Å². The number of rotatable bonds is 12. The van der Waals surface area contributed by atoms with Crippen molar-refractivity contribution < 1.29 is 38.9 Å². The Morgan fingerprint density at radius 1 is 0.812 bits per heavy atom. The SMILES string of the molecule is C[C@H](NC(=O)[C@H](Cc1ccc(O)cc1)NC(=O)OC(C)(C)C)C(=O)N[C@@H](C[C@]1(O)C(=O)Nc2ccccc21)C(=O)NCc1ccccc1. The standard InChI is InChI=1S/C35H41N5O8/c1-21(37-31(44)27(40-33(46)48-34(2,3)4)18-22-14-16-24(41)17-15-22)29(42)38-28(30(43)36-20-23-10-6-5-7-11-23)19-35(47)25-12-8-9-13-26(25)39-32(35)45/h5-17,21,27-28,41,47H,18-20H2,1-4H3,(H,36,43)(H,37,44)(H,38,42)(H,39,45)(H,40,46)/t21-,27-,28-,35+/m0/s1. The predicted octanol–water partition coefficient (Wildman–Crippen LogP) is 2.36. The van der Waals surface area contributed by atoms with Gasteiger partial charge in [0.05, 0.1) is 0 Å². The Hall–Kier alpha value is -5.43. The molecule has 5 amide bonds. The van der Waals surface area contributed by atoms with E-state index in [0.29, 0.717) is 11.3 Å². The van der Waals surface area contributed by atoms with Gasteiger partial charge in [0.25, 0.3) is 5.91 Å². The van der Waals surface area contributed by atoms with E-state index < -0.39 is 65.5 Å². The van der Waals surface area contributed by atoms with Gasteiger partial charge in [0.1, 0.15) is 29.5 Å². The summed E-state index contributed by atoms with van der Waals surface area (Å²) in [5.74, 6) is -2.88. The predicted molar refractivity (Wildman–Crippen MR) is 176 cm³/mol. The van der Waals surface area contributed by atoms with Gasteiger partial charge in [-0.15, -0.1) is 0 Å². The smallest absolute Gasteiger partial charge is 0.408 e. The molecule has 13 heteroatoms. The first-order valence-corrected chi connectivity index (χ1v) is 15.5.